The number of carbonyl (C=O) groups excluding carboxylic acids is 2. The molecule has 9 heteroatoms. The van der Waals surface area contributed by atoms with E-state index in [-0.39, 0.29) is 11.8 Å². The van der Waals surface area contributed by atoms with Crippen LogP contribution < -0.4 is 24.4 Å². The van der Waals surface area contributed by atoms with Crippen molar-refractivity contribution in [1.82, 2.24) is 4.90 Å². The summed E-state index contributed by atoms with van der Waals surface area (Å²) in [6.07, 6.45) is 1.44. The minimum Gasteiger partial charge on any atom is -0.493 e. The Bertz CT molecular complexity index is 981. The van der Waals surface area contributed by atoms with E-state index in [0.717, 1.165) is 12.1 Å². The number of halogens is 1. The van der Waals surface area contributed by atoms with Crippen molar-refractivity contribution in [2.45, 2.75) is 19.8 Å². The molecule has 33 heavy (non-hydrogen) atoms. The molecule has 8 nitrogen and oxygen atoms in total. The average molecular weight is 476 g/mol. The third-order valence-corrected chi connectivity index (χ3v) is 5.87. The number of hydrogen-bond donors (Lipinski definition) is 1. The summed E-state index contributed by atoms with van der Waals surface area (Å²) in [5, 5.41) is 3.39. The first-order chi connectivity index (χ1) is 15.9. The van der Waals surface area contributed by atoms with Gasteiger partial charge in [0.05, 0.1) is 32.0 Å². The Hall–Kier alpha value is -3.13. The highest BCUT2D eigenvalue weighted by molar-refractivity contribution is 6.33. The molecular weight excluding hydrogens is 446 g/mol. The van der Waals surface area contributed by atoms with Crippen LogP contribution in [0.4, 0.5) is 11.4 Å². The second-order valence-corrected chi connectivity index (χ2v) is 8.06. The van der Waals surface area contributed by atoms with Gasteiger partial charge < -0.3 is 29.3 Å². The van der Waals surface area contributed by atoms with Crippen LogP contribution in [-0.2, 0) is 4.79 Å². The Morgan fingerprint density at radius 2 is 1.61 bits per heavy atom. The molecule has 3 rings (SSSR count). The number of piperazine rings is 1. The van der Waals surface area contributed by atoms with E-state index < -0.39 is 0 Å². The molecule has 1 aliphatic heterocycles. The van der Waals surface area contributed by atoms with Gasteiger partial charge in [-0.3, -0.25) is 9.59 Å². The van der Waals surface area contributed by atoms with Gasteiger partial charge in [0.15, 0.2) is 11.5 Å². The summed E-state index contributed by atoms with van der Waals surface area (Å²) in [6, 6.07) is 8.60. The van der Waals surface area contributed by atoms with Crippen molar-refractivity contribution >= 4 is 34.8 Å². The van der Waals surface area contributed by atoms with Crippen LogP contribution in [0.5, 0.6) is 17.2 Å². The summed E-state index contributed by atoms with van der Waals surface area (Å²) in [7, 11) is 4.50. The van der Waals surface area contributed by atoms with Crippen LogP contribution in [-0.4, -0.2) is 64.2 Å². The Morgan fingerprint density at radius 3 is 2.12 bits per heavy atom. The molecular formula is C24H30ClN3O5. The van der Waals surface area contributed by atoms with Gasteiger partial charge in [-0.25, -0.2) is 0 Å². The summed E-state index contributed by atoms with van der Waals surface area (Å²) < 4.78 is 15.9. The summed E-state index contributed by atoms with van der Waals surface area (Å²) >= 11 is 6.55. The predicted octanol–water partition coefficient (Wildman–Crippen LogP) is 4.07. The minimum absolute atomic E-state index is 0.202. The molecule has 0 bridgehead atoms. The molecule has 0 aliphatic carbocycles. The first-order valence-electron chi connectivity index (χ1n) is 10.8. The van der Waals surface area contributed by atoms with Gasteiger partial charge in [0.1, 0.15) is 0 Å². The highest BCUT2D eigenvalue weighted by Crippen LogP contribution is 2.38. The van der Waals surface area contributed by atoms with E-state index >= 15 is 0 Å². The lowest BCUT2D eigenvalue weighted by Crippen LogP contribution is -2.48. The Morgan fingerprint density at radius 1 is 0.970 bits per heavy atom. The molecule has 2 aromatic rings. The Balaban J connectivity index is 1.70. The lowest BCUT2D eigenvalue weighted by Gasteiger charge is -2.36. The third kappa shape index (κ3) is 5.63. The zero-order chi connectivity index (χ0) is 24.0. The summed E-state index contributed by atoms with van der Waals surface area (Å²) in [6.45, 7) is 4.79. The van der Waals surface area contributed by atoms with Gasteiger partial charge >= 0.3 is 0 Å². The van der Waals surface area contributed by atoms with E-state index in [2.05, 4.69) is 10.2 Å². The molecule has 1 N–H and O–H groups in total. The van der Waals surface area contributed by atoms with Gasteiger partial charge in [-0.05, 0) is 36.8 Å². The Kier molecular flexibility index (Phi) is 8.27. The van der Waals surface area contributed by atoms with E-state index in [0.29, 0.717) is 66.1 Å². The molecule has 0 radical (unpaired) electrons. The first kappa shape index (κ1) is 24.5. The second kappa shape index (κ2) is 11.1. The van der Waals surface area contributed by atoms with E-state index in [1.165, 1.54) is 21.3 Å². The molecule has 0 spiro atoms. The predicted molar refractivity (Wildman–Crippen MR) is 129 cm³/mol. The second-order valence-electron chi connectivity index (χ2n) is 7.65. The van der Waals surface area contributed by atoms with Crippen molar-refractivity contribution < 1.29 is 23.8 Å². The normalized spacial score (nSPS) is 13.5. The number of rotatable bonds is 8. The summed E-state index contributed by atoms with van der Waals surface area (Å²) in [4.78, 5) is 29.0. The number of ether oxygens (including phenoxy) is 3. The van der Waals surface area contributed by atoms with Gasteiger partial charge in [0.25, 0.3) is 5.91 Å². The molecule has 0 saturated carbocycles. The van der Waals surface area contributed by atoms with Crippen LogP contribution >= 0.6 is 11.6 Å². The van der Waals surface area contributed by atoms with E-state index in [4.69, 9.17) is 25.8 Å². The summed E-state index contributed by atoms with van der Waals surface area (Å²) in [5.41, 5.74) is 1.81. The van der Waals surface area contributed by atoms with Crippen molar-refractivity contribution in [3.8, 4) is 17.2 Å². The van der Waals surface area contributed by atoms with Crippen molar-refractivity contribution in [1.29, 1.82) is 0 Å². The van der Waals surface area contributed by atoms with E-state index in [9.17, 15) is 9.59 Å². The number of nitrogens with one attached hydrogen (secondary N) is 1. The van der Waals surface area contributed by atoms with Crippen LogP contribution in [0.15, 0.2) is 30.3 Å². The number of anilines is 2. The smallest absolute Gasteiger partial charge is 0.255 e. The van der Waals surface area contributed by atoms with Crippen LogP contribution in [0, 0.1) is 0 Å². The third-order valence-electron chi connectivity index (χ3n) is 5.57. The fourth-order valence-electron chi connectivity index (χ4n) is 3.83. The number of benzene rings is 2. The Labute approximate surface area is 199 Å². The topological polar surface area (TPSA) is 80.3 Å². The fraction of sp³-hybridized carbons (Fsp3) is 0.417. The molecule has 2 aromatic carbocycles. The largest absolute Gasteiger partial charge is 0.493 e. The van der Waals surface area contributed by atoms with Gasteiger partial charge in [0, 0.05) is 43.9 Å². The molecule has 1 fully saturated rings. The number of hydrogen-bond acceptors (Lipinski definition) is 6. The maximum absolute atomic E-state index is 12.8. The van der Waals surface area contributed by atoms with E-state index in [1.54, 1.807) is 18.2 Å². The number of methoxy groups -OCH3 is 3. The van der Waals surface area contributed by atoms with Crippen LogP contribution in [0.3, 0.4) is 0 Å². The first-order valence-corrected chi connectivity index (χ1v) is 11.2. The molecule has 0 aromatic heterocycles. The molecule has 0 atom stereocenters. The van der Waals surface area contributed by atoms with E-state index in [1.807, 2.05) is 24.0 Å². The average Bonchev–Trinajstić information content (AvgIpc) is 2.83. The fourth-order valence-corrected chi connectivity index (χ4v) is 4.13. The van der Waals surface area contributed by atoms with Crippen molar-refractivity contribution in [3.05, 3.63) is 40.9 Å². The van der Waals surface area contributed by atoms with Crippen molar-refractivity contribution in [2.24, 2.45) is 0 Å². The number of nitrogens with zero attached hydrogens (tertiary/aromatic N) is 2. The SMILES string of the molecule is CCCC(=O)N1CCN(c2ccc(NC(=O)c3cc(OC)c(OC)c(OC)c3)cc2Cl)CC1. The zero-order valence-electron chi connectivity index (χ0n) is 19.4. The number of amides is 2. The maximum Gasteiger partial charge on any atom is 0.255 e. The number of carbonyl (C=O) groups is 2. The monoisotopic (exact) mass is 475 g/mol. The lowest BCUT2D eigenvalue weighted by atomic mass is 10.1. The van der Waals surface area contributed by atoms with Gasteiger partial charge in [-0.1, -0.05) is 18.5 Å². The highest BCUT2D eigenvalue weighted by Gasteiger charge is 2.22. The van der Waals surface area contributed by atoms with Gasteiger partial charge in [-0.15, -0.1) is 0 Å². The molecule has 2 amide bonds. The molecule has 1 saturated heterocycles. The van der Waals surface area contributed by atoms with Gasteiger partial charge in [-0.2, -0.15) is 0 Å². The molecule has 0 unspecified atom stereocenters. The highest BCUT2D eigenvalue weighted by atomic mass is 35.5. The molecule has 1 aliphatic rings. The van der Waals surface area contributed by atoms with Crippen molar-refractivity contribution in [2.75, 3.05) is 57.7 Å². The molecule has 178 valence electrons. The minimum atomic E-state index is -0.332. The molecule has 1 heterocycles. The standard InChI is InChI=1S/C24H30ClN3O5/c1-5-6-22(29)28-11-9-27(10-12-28)19-8-7-17(15-18(19)25)26-24(30)16-13-20(31-2)23(33-4)21(14-16)32-3/h7-8,13-15H,5-6,9-12H2,1-4H3,(H,26,30). The zero-order valence-corrected chi connectivity index (χ0v) is 20.2. The quantitative estimate of drug-likeness (QED) is 0.620. The van der Waals surface area contributed by atoms with Gasteiger partial charge in [0.2, 0.25) is 11.7 Å². The maximum atomic E-state index is 12.8. The van der Waals surface area contributed by atoms with Crippen LogP contribution in [0.25, 0.3) is 0 Å². The summed E-state index contributed by atoms with van der Waals surface area (Å²) in [5.74, 6) is 1.08. The van der Waals surface area contributed by atoms with Crippen molar-refractivity contribution in [3.63, 3.8) is 0 Å². The lowest BCUT2D eigenvalue weighted by molar-refractivity contribution is -0.131. The van der Waals surface area contributed by atoms with Crippen LogP contribution in [0.1, 0.15) is 30.1 Å². The van der Waals surface area contributed by atoms with Crippen LogP contribution in [0.2, 0.25) is 5.02 Å².